The molecule has 0 bridgehead atoms. The zero-order valence-corrected chi connectivity index (χ0v) is 17.1. The number of carbonyl (C=O) groups is 2. The zero-order valence-electron chi connectivity index (χ0n) is 14.8. The highest BCUT2D eigenvalue weighted by Crippen LogP contribution is 2.42. The Kier molecular flexibility index (Phi) is 5.99. The van der Waals surface area contributed by atoms with Crippen molar-refractivity contribution in [1.82, 2.24) is 0 Å². The molecule has 2 aromatic carbocycles. The second-order valence-electron chi connectivity index (χ2n) is 6.23. The molecule has 0 aromatic heterocycles. The van der Waals surface area contributed by atoms with Crippen molar-refractivity contribution < 1.29 is 9.59 Å². The van der Waals surface area contributed by atoms with E-state index in [9.17, 15) is 14.9 Å². The summed E-state index contributed by atoms with van der Waals surface area (Å²) in [6.45, 7) is 1.90. The average molecular weight is 432 g/mol. The molecule has 1 aliphatic rings. The van der Waals surface area contributed by atoms with Crippen LogP contribution in [-0.2, 0) is 16.0 Å². The zero-order chi connectivity index (χ0) is 20.4. The van der Waals surface area contributed by atoms with Gasteiger partial charge in [-0.05, 0) is 48.7 Å². The molecule has 8 heteroatoms. The summed E-state index contributed by atoms with van der Waals surface area (Å²) in [4.78, 5) is 26.3. The third-order valence-electron chi connectivity index (χ3n) is 4.19. The Morgan fingerprint density at radius 1 is 1.25 bits per heavy atom. The first-order valence-electron chi connectivity index (χ1n) is 8.27. The number of aryl methyl sites for hydroxylation is 1. The number of benzene rings is 2. The topological polar surface area (TPSA) is 87.2 Å². The van der Waals surface area contributed by atoms with Crippen LogP contribution < -0.4 is 10.6 Å². The molecule has 2 amide bonds. The van der Waals surface area contributed by atoms with E-state index in [2.05, 4.69) is 0 Å². The van der Waals surface area contributed by atoms with Crippen LogP contribution >= 0.6 is 35.0 Å². The monoisotopic (exact) mass is 431 g/mol. The molecule has 2 aromatic rings. The predicted octanol–water partition coefficient (Wildman–Crippen LogP) is 4.21. The number of nitrogens with two attached hydrogens (primary N) is 1. The lowest BCUT2D eigenvalue weighted by Gasteiger charge is -2.18. The molecule has 0 spiro atoms. The van der Waals surface area contributed by atoms with E-state index in [1.807, 2.05) is 31.2 Å². The minimum absolute atomic E-state index is 0.231. The number of anilines is 1. The van der Waals surface area contributed by atoms with Crippen LogP contribution in [0.5, 0.6) is 0 Å². The van der Waals surface area contributed by atoms with Gasteiger partial charge in [-0.2, -0.15) is 5.26 Å². The molecule has 1 aliphatic heterocycles. The third kappa shape index (κ3) is 4.02. The van der Waals surface area contributed by atoms with Crippen molar-refractivity contribution in [2.75, 3.05) is 4.90 Å². The van der Waals surface area contributed by atoms with Crippen molar-refractivity contribution in [2.24, 2.45) is 5.73 Å². The molecule has 0 unspecified atom stereocenters. The summed E-state index contributed by atoms with van der Waals surface area (Å²) < 4.78 is 0. The summed E-state index contributed by atoms with van der Waals surface area (Å²) >= 11 is 13.2. The first-order valence-corrected chi connectivity index (χ1v) is 9.90. The lowest BCUT2D eigenvalue weighted by molar-refractivity contribution is -0.117. The van der Waals surface area contributed by atoms with E-state index in [1.165, 1.54) is 4.90 Å². The Labute approximate surface area is 176 Å². The maximum atomic E-state index is 13.2. The van der Waals surface area contributed by atoms with Gasteiger partial charge in [-0.15, -0.1) is 0 Å². The number of nitrogens with zero attached hydrogens (tertiary/aromatic N) is 2. The summed E-state index contributed by atoms with van der Waals surface area (Å²) in [5.41, 5.74) is 7.48. The van der Waals surface area contributed by atoms with Crippen molar-refractivity contribution in [3.63, 3.8) is 0 Å². The fourth-order valence-corrected chi connectivity index (χ4v) is 4.52. The SMILES string of the molecule is Cc1cccc(N2C(=O)[C@H](Cc3ccc(Cl)c(Cl)c3)S/C2=C(/C#N)C(N)=O)c1. The fourth-order valence-electron chi connectivity index (χ4n) is 2.88. The van der Waals surface area contributed by atoms with Gasteiger partial charge in [-0.25, -0.2) is 0 Å². The molecule has 0 aliphatic carbocycles. The highest BCUT2D eigenvalue weighted by atomic mass is 35.5. The maximum Gasteiger partial charge on any atom is 0.262 e. The minimum Gasteiger partial charge on any atom is -0.365 e. The lowest BCUT2D eigenvalue weighted by Crippen LogP contribution is -2.31. The van der Waals surface area contributed by atoms with E-state index in [0.717, 1.165) is 22.9 Å². The maximum absolute atomic E-state index is 13.2. The van der Waals surface area contributed by atoms with Crippen molar-refractivity contribution in [2.45, 2.75) is 18.6 Å². The summed E-state index contributed by atoms with van der Waals surface area (Å²) in [6.07, 6.45) is 0.365. The highest BCUT2D eigenvalue weighted by molar-refractivity contribution is 8.05. The Hall–Kier alpha value is -2.46. The van der Waals surface area contributed by atoms with Crippen LogP contribution in [0.2, 0.25) is 10.0 Å². The third-order valence-corrected chi connectivity index (χ3v) is 6.19. The van der Waals surface area contributed by atoms with E-state index in [4.69, 9.17) is 28.9 Å². The number of carbonyl (C=O) groups excluding carboxylic acids is 2. The van der Waals surface area contributed by atoms with Gasteiger partial charge in [0.25, 0.3) is 5.91 Å². The van der Waals surface area contributed by atoms with Crippen LogP contribution in [0.25, 0.3) is 0 Å². The van der Waals surface area contributed by atoms with Crippen molar-refractivity contribution in [3.05, 3.63) is 74.2 Å². The normalized spacial score (nSPS) is 18.1. The minimum atomic E-state index is -0.870. The van der Waals surface area contributed by atoms with Crippen LogP contribution in [0, 0.1) is 18.3 Å². The number of thioether (sulfide) groups is 1. The van der Waals surface area contributed by atoms with Gasteiger partial charge >= 0.3 is 0 Å². The molecule has 1 saturated heterocycles. The van der Waals surface area contributed by atoms with Crippen LogP contribution in [0.3, 0.4) is 0 Å². The van der Waals surface area contributed by atoms with E-state index in [0.29, 0.717) is 22.2 Å². The van der Waals surface area contributed by atoms with Crippen LogP contribution in [0.1, 0.15) is 11.1 Å². The first-order chi connectivity index (χ1) is 13.3. The Morgan fingerprint density at radius 2 is 2.00 bits per heavy atom. The Bertz CT molecular complexity index is 1050. The van der Waals surface area contributed by atoms with Crippen molar-refractivity contribution in [1.29, 1.82) is 5.26 Å². The number of hydrogen-bond acceptors (Lipinski definition) is 4. The average Bonchev–Trinajstić information content (AvgIpc) is 2.94. The molecule has 1 heterocycles. The van der Waals surface area contributed by atoms with Crippen LogP contribution in [-0.4, -0.2) is 17.1 Å². The number of amides is 2. The van der Waals surface area contributed by atoms with Gasteiger partial charge in [0.1, 0.15) is 16.7 Å². The molecule has 0 saturated carbocycles. The van der Waals surface area contributed by atoms with Gasteiger partial charge in [0.15, 0.2) is 0 Å². The summed E-state index contributed by atoms with van der Waals surface area (Å²) in [5, 5.41) is 9.96. The largest absolute Gasteiger partial charge is 0.365 e. The van der Waals surface area contributed by atoms with Gasteiger partial charge in [0.2, 0.25) is 5.91 Å². The molecular weight excluding hydrogens is 417 g/mol. The number of hydrogen-bond donors (Lipinski definition) is 1. The first kappa shape index (κ1) is 20.3. The second-order valence-corrected chi connectivity index (χ2v) is 8.23. The highest BCUT2D eigenvalue weighted by Gasteiger charge is 2.40. The van der Waals surface area contributed by atoms with Gasteiger partial charge in [0, 0.05) is 5.69 Å². The molecule has 1 fully saturated rings. The van der Waals surface area contributed by atoms with Gasteiger partial charge < -0.3 is 5.73 Å². The van der Waals surface area contributed by atoms with Crippen LogP contribution in [0.15, 0.2) is 53.1 Å². The molecule has 5 nitrogen and oxygen atoms in total. The van der Waals surface area contributed by atoms with Crippen molar-refractivity contribution >= 4 is 52.5 Å². The smallest absolute Gasteiger partial charge is 0.262 e. The Morgan fingerprint density at radius 3 is 2.61 bits per heavy atom. The van der Waals surface area contributed by atoms with E-state index < -0.39 is 11.2 Å². The van der Waals surface area contributed by atoms with Crippen LogP contribution in [0.4, 0.5) is 5.69 Å². The molecule has 0 radical (unpaired) electrons. The quantitative estimate of drug-likeness (QED) is 0.579. The van der Waals surface area contributed by atoms with E-state index in [1.54, 1.807) is 24.3 Å². The van der Waals surface area contributed by atoms with E-state index >= 15 is 0 Å². The molecule has 1 atom stereocenters. The van der Waals surface area contributed by atoms with Crippen molar-refractivity contribution in [3.8, 4) is 6.07 Å². The Balaban J connectivity index is 2.04. The number of nitriles is 1. The molecule has 28 heavy (non-hydrogen) atoms. The van der Waals surface area contributed by atoms with E-state index in [-0.39, 0.29) is 16.5 Å². The standard InChI is InChI=1S/C20H15Cl2N3O2S/c1-11-3-2-4-13(7-11)25-19(27)17(28-20(25)14(10-23)18(24)26)9-12-5-6-15(21)16(22)8-12/h2-8,17H,9H2,1H3,(H2,24,26)/b20-14-/t17-/m0/s1. The predicted molar refractivity (Wildman–Crippen MR) is 112 cm³/mol. The number of halogens is 2. The fraction of sp³-hybridized carbons (Fsp3) is 0.150. The molecule has 2 N–H and O–H groups in total. The lowest BCUT2D eigenvalue weighted by atomic mass is 10.1. The summed E-state index contributed by atoms with van der Waals surface area (Å²) in [6, 6.07) is 14.3. The van der Waals surface area contributed by atoms with Gasteiger partial charge in [-0.1, -0.05) is 53.2 Å². The van der Waals surface area contributed by atoms with Gasteiger partial charge in [0.05, 0.1) is 15.3 Å². The summed E-state index contributed by atoms with van der Waals surface area (Å²) in [7, 11) is 0. The number of primary amides is 1. The molecular formula is C20H15Cl2N3O2S. The molecule has 142 valence electrons. The van der Waals surface area contributed by atoms with Gasteiger partial charge in [-0.3, -0.25) is 14.5 Å². The molecule has 3 rings (SSSR count). The second kappa shape index (κ2) is 8.27. The number of rotatable bonds is 4. The summed E-state index contributed by atoms with van der Waals surface area (Å²) in [5.74, 6) is -1.10.